The van der Waals surface area contributed by atoms with E-state index in [9.17, 15) is 5.11 Å². The van der Waals surface area contributed by atoms with Crippen molar-refractivity contribution in [3.8, 4) is 0 Å². The predicted octanol–water partition coefficient (Wildman–Crippen LogP) is 3.95. The summed E-state index contributed by atoms with van der Waals surface area (Å²) in [5, 5.41) is 10.6. The second-order valence-corrected chi connectivity index (χ2v) is 6.62. The Kier molecular flexibility index (Phi) is 7.54. The summed E-state index contributed by atoms with van der Waals surface area (Å²) in [5.74, 6) is 0. The molecule has 3 heteroatoms. The summed E-state index contributed by atoms with van der Waals surface area (Å²) in [6.07, 6.45) is 7.63. The van der Waals surface area contributed by atoms with Gasteiger partial charge >= 0.3 is 0 Å². The molecule has 0 spiro atoms. The summed E-state index contributed by atoms with van der Waals surface area (Å²) in [6, 6.07) is 6.52. The van der Waals surface area contributed by atoms with E-state index in [1.807, 2.05) is 12.2 Å². The average Bonchev–Trinajstić information content (AvgIpc) is 2.60. The lowest BCUT2D eigenvalue weighted by molar-refractivity contribution is 0.148. The highest BCUT2D eigenvalue weighted by Gasteiger charge is 2.18. The Morgan fingerprint density at radius 3 is 2.71 bits per heavy atom. The Labute approximate surface area is 147 Å². The van der Waals surface area contributed by atoms with Gasteiger partial charge in [-0.2, -0.15) is 0 Å². The van der Waals surface area contributed by atoms with E-state index >= 15 is 0 Å². The van der Waals surface area contributed by atoms with Crippen LogP contribution in [0.1, 0.15) is 43.4 Å². The monoisotopic (exact) mass is 328 g/mol. The lowest BCUT2D eigenvalue weighted by Crippen LogP contribution is -2.30. The molecule has 0 saturated heterocycles. The van der Waals surface area contributed by atoms with Gasteiger partial charge in [-0.3, -0.25) is 4.90 Å². The zero-order valence-electron chi connectivity index (χ0n) is 15.1. The largest absolute Gasteiger partial charge is 0.388 e. The fourth-order valence-electron chi connectivity index (χ4n) is 3.50. The van der Waals surface area contributed by atoms with Crippen LogP contribution < -0.4 is 4.90 Å². The zero-order valence-corrected chi connectivity index (χ0v) is 15.1. The molecular weight excluding hydrogens is 296 g/mol. The van der Waals surface area contributed by atoms with E-state index < -0.39 is 6.10 Å². The predicted molar refractivity (Wildman–Crippen MR) is 104 cm³/mol. The van der Waals surface area contributed by atoms with Crippen molar-refractivity contribution < 1.29 is 5.11 Å². The van der Waals surface area contributed by atoms with Gasteiger partial charge in [0, 0.05) is 38.4 Å². The Hall–Kier alpha value is -1.58. The molecule has 132 valence electrons. The van der Waals surface area contributed by atoms with E-state index in [1.54, 1.807) is 0 Å². The molecule has 0 aliphatic carbocycles. The molecule has 0 amide bonds. The van der Waals surface area contributed by atoms with Crippen LogP contribution in [0, 0.1) is 0 Å². The third-order valence-electron chi connectivity index (χ3n) is 4.69. The van der Waals surface area contributed by atoms with E-state index in [-0.39, 0.29) is 0 Å². The average molecular weight is 329 g/mol. The Morgan fingerprint density at radius 1 is 1.29 bits per heavy atom. The fraction of sp³-hybridized carbons (Fsp3) is 0.524. The van der Waals surface area contributed by atoms with Crippen LogP contribution in [0.15, 0.2) is 43.5 Å². The van der Waals surface area contributed by atoms with Gasteiger partial charge in [0.25, 0.3) is 0 Å². The first-order valence-corrected chi connectivity index (χ1v) is 9.19. The number of hydrogen-bond acceptors (Lipinski definition) is 3. The van der Waals surface area contributed by atoms with Gasteiger partial charge < -0.3 is 10.0 Å². The second-order valence-electron chi connectivity index (χ2n) is 6.62. The minimum atomic E-state index is -0.408. The summed E-state index contributed by atoms with van der Waals surface area (Å²) in [4.78, 5) is 4.72. The van der Waals surface area contributed by atoms with E-state index in [0.717, 1.165) is 51.1 Å². The van der Waals surface area contributed by atoms with Gasteiger partial charge in [0.05, 0.1) is 6.10 Å². The van der Waals surface area contributed by atoms with Crippen molar-refractivity contribution in [1.82, 2.24) is 4.90 Å². The first-order valence-electron chi connectivity index (χ1n) is 9.19. The number of benzene rings is 1. The molecule has 0 radical (unpaired) electrons. The summed E-state index contributed by atoms with van der Waals surface area (Å²) in [7, 11) is 0. The molecule has 0 aromatic heterocycles. The molecule has 1 aliphatic heterocycles. The molecule has 24 heavy (non-hydrogen) atoms. The van der Waals surface area contributed by atoms with Crippen LogP contribution in [0.4, 0.5) is 5.69 Å². The highest BCUT2D eigenvalue weighted by molar-refractivity contribution is 5.57. The van der Waals surface area contributed by atoms with Crippen LogP contribution in [0.25, 0.3) is 0 Å². The van der Waals surface area contributed by atoms with Crippen molar-refractivity contribution in [2.24, 2.45) is 0 Å². The van der Waals surface area contributed by atoms with Gasteiger partial charge in [0.2, 0.25) is 0 Å². The Morgan fingerprint density at radius 2 is 2.04 bits per heavy atom. The number of aliphatic hydroxyl groups excluding tert-OH is 1. The van der Waals surface area contributed by atoms with Crippen LogP contribution in [0.2, 0.25) is 0 Å². The molecule has 0 bridgehead atoms. The van der Waals surface area contributed by atoms with Crippen molar-refractivity contribution in [3.05, 3.63) is 54.6 Å². The molecule has 1 N–H and O–H groups in total. The van der Waals surface area contributed by atoms with Gasteiger partial charge in [-0.05, 0) is 42.9 Å². The van der Waals surface area contributed by atoms with E-state index in [4.69, 9.17) is 0 Å². The van der Waals surface area contributed by atoms with Crippen LogP contribution in [0.5, 0.6) is 0 Å². The van der Waals surface area contributed by atoms with Gasteiger partial charge in [-0.25, -0.2) is 0 Å². The second kappa shape index (κ2) is 9.65. The summed E-state index contributed by atoms with van der Waals surface area (Å²) in [5.41, 5.74) is 3.79. The molecule has 1 aromatic rings. The third kappa shape index (κ3) is 4.96. The number of aliphatic hydroxyl groups is 1. The normalized spacial score (nSPS) is 15.2. The molecule has 0 saturated carbocycles. The van der Waals surface area contributed by atoms with Crippen molar-refractivity contribution >= 4 is 5.69 Å². The van der Waals surface area contributed by atoms with Crippen LogP contribution in [-0.4, -0.2) is 42.7 Å². The Bertz CT molecular complexity index is 531. The highest BCUT2D eigenvalue weighted by atomic mass is 16.3. The first kappa shape index (κ1) is 18.8. The Balaban J connectivity index is 2.01. The zero-order chi connectivity index (χ0) is 17.4. The number of hydrogen-bond donors (Lipinski definition) is 1. The first-order chi connectivity index (χ1) is 11.7. The summed E-state index contributed by atoms with van der Waals surface area (Å²) >= 11 is 0. The van der Waals surface area contributed by atoms with Crippen LogP contribution in [0.3, 0.4) is 0 Å². The van der Waals surface area contributed by atoms with E-state index in [2.05, 4.69) is 48.1 Å². The lowest BCUT2D eigenvalue weighted by Gasteiger charge is -2.31. The van der Waals surface area contributed by atoms with Gasteiger partial charge in [-0.1, -0.05) is 31.2 Å². The van der Waals surface area contributed by atoms with Gasteiger partial charge in [-0.15, -0.1) is 13.2 Å². The number of rotatable bonds is 10. The summed E-state index contributed by atoms with van der Waals surface area (Å²) < 4.78 is 0. The van der Waals surface area contributed by atoms with Crippen molar-refractivity contribution in [2.75, 3.05) is 37.6 Å². The molecule has 1 aromatic carbocycles. The molecule has 3 nitrogen and oxygen atoms in total. The molecule has 0 fully saturated rings. The van der Waals surface area contributed by atoms with Gasteiger partial charge in [0.1, 0.15) is 0 Å². The number of nitrogens with zero attached hydrogens (tertiary/aromatic N) is 2. The lowest BCUT2D eigenvalue weighted by atomic mass is 9.96. The number of aryl methyl sites for hydroxylation is 1. The molecule has 1 aliphatic rings. The maximum atomic E-state index is 10.6. The maximum absolute atomic E-state index is 10.6. The van der Waals surface area contributed by atoms with Crippen molar-refractivity contribution in [3.63, 3.8) is 0 Å². The minimum Gasteiger partial charge on any atom is -0.388 e. The van der Waals surface area contributed by atoms with Gasteiger partial charge in [0.15, 0.2) is 0 Å². The minimum absolute atomic E-state index is 0.408. The van der Waals surface area contributed by atoms with E-state index in [1.165, 1.54) is 24.1 Å². The van der Waals surface area contributed by atoms with Crippen LogP contribution in [-0.2, 0) is 6.42 Å². The van der Waals surface area contributed by atoms with Crippen molar-refractivity contribution in [2.45, 2.75) is 38.7 Å². The topological polar surface area (TPSA) is 26.7 Å². The number of anilines is 1. The molecule has 1 heterocycles. The van der Waals surface area contributed by atoms with Crippen molar-refractivity contribution in [1.29, 1.82) is 0 Å². The number of fused-ring (bicyclic) bond motifs is 1. The smallest absolute Gasteiger partial charge is 0.0802 e. The molecular formula is C21H32N2O. The highest BCUT2D eigenvalue weighted by Crippen LogP contribution is 2.30. The fourth-order valence-corrected chi connectivity index (χ4v) is 3.50. The molecule has 1 unspecified atom stereocenters. The quantitative estimate of drug-likeness (QED) is 0.659. The van der Waals surface area contributed by atoms with E-state index in [0.29, 0.717) is 0 Å². The van der Waals surface area contributed by atoms with Crippen LogP contribution >= 0.6 is 0 Å². The standard InChI is InChI=1S/C21H32N2O/c1-4-12-22(13-5-2)16-11-21(24)19-9-10-20-18(17-19)8-7-15-23(20)14-6-3/h4-5,9-10,17,21,24H,1-2,6-8,11-16H2,3H3. The third-order valence-corrected chi connectivity index (χ3v) is 4.69. The maximum Gasteiger partial charge on any atom is 0.0802 e. The summed E-state index contributed by atoms with van der Waals surface area (Å²) in [6.45, 7) is 14.6. The molecule has 1 atom stereocenters. The molecule has 2 rings (SSSR count). The SMILES string of the molecule is C=CCN(CC=C)CCC(O)c1ccc2c(c1)CCCN2CCC.